The first-order valence-corrected chi connectivity index (χ1v) is 11.3. The van der Waals surface area contributed by atoms with Gasteiger partial charge in [-0.1, -0.05) is 29.8 Å². The maximum atomic E-state index is 13.5. The quantitative estimate of drug-likeness (QED) is 0.450. The number of hydrogen-bond donors (Lipinski definition) is 0. The summed E-state index contributed by atoms with van der Waals surface area (Å²) < 4.78 is 10.1. The minimum absolute atomic E-state index is 0.101. The number of aromatic nitrogens is 4. The first-order chi connectivity index (χ1) is 16.0. The van der Waals surface area contributed by atoms with Crippen molar-refractivity contribution < 1.29 is 4.74 Å². The summed E-state index contributed by atoms with van der Waals surface area (Å²) in [6.45, 7) is 4.07. The van der Waals surface area contributed by atoms with Crippen molar-refractivity contribution in [2.45, 2.75) is 26.4 Å². The predicted molar refractivity (Wildman–Crippen MR) is 129 cm³/mol. The molecule has 8 nitrogen and oxygen atoms in total. The lowest BCUT2D eigenvalue weighted by molar-refractivity contribution is 0.340. The topological polar surface area (TPSA) is 74.3 Å². The van der Waals surface area contributed by atoms with Gasteiger partial charge in [-0.25, -0.2) is 4.79 Å². The number of ether oxygens (including phenoxy) is 1. The number of aryl methyl sites for hydroxylation is 2. The van der Waals surface area contributed by atoms with Crippen LogP contribution in [0.2, 0.25) is 5.02 Å². The summed E-state index contributed by atoms with van der Waals surface area (Å²) >= 11 is 6.29. The fourth-order valence-electron chi connectivity index (χ4n) is 4.33. The highest BCUT2D eigenvalue weighted by atomic mass is 35.5. The number of rotatable bonds is 5. The second-order valence-corrected chi connectivity index (χ2v) is 8.40. The second-order valence-electron chi connectivity index (χ2n) is 7.99. The van der Waals surface area contributed by atoms with Crippen LogP contribution in [0, 0.1) is 0 Å². The van der Waals surface area contributed by atoms with E-state index in [-0.39, 0.29) is 12.1 Å². The van der Waals surface area contributed by atoms with E-state index >= 15 is 0 Å². The van der Waals surface area contributed by atoms with Gasteiger partial charge < -0.3 is 14.2 Å². The Morgan fingerprint density at radius 1 is 1.06 bits per heavy atom. The van der Waals surface area contributed by atoms with Crippen molar-refractivity contribution in [1.82, 2.24) is 18.7 Å². The number of hydrogen-bond acceptors (Lipinski definition) is 5. The predicted octanol–water partition coefficient (Wildman–Crippen LogP) is 3.54. The number of anilines is 2. The van der Waals surface area contributed by atoms with Crippen molar-refractivity contribution in [3.05, 3.63) is 80.0 Å². The number of benzene rings is 2. The first kappa shape index (κ1) is 21.3. The number of halogens is 1. The first-order valence-electron chi connectivity index (χ1n) is 10.9. The molecule has 1 aliphatic heterocycles. The monoisotopic (exact) mass is 465 g/mol. The standard InChI is InChI=1S/C24H24ClN5O3/c1-3-33-18-11-9-17(10-12-18)28-13-6-14-29-20-21(26-23(28)29)27(2)24(32)30(22(20)31)15-16-7-4-5-8-19(16)25/h4-5,7-12H,3,6,13-15H2,1-2H3. The molecule has 0 amide bonds. The van der Waals surface area contributed by atoms with Gasteiger partial charge in [0.25, 0.3) is 5.56 Å². The molecule has 2 aromatic heterocycles. The fraction of sp³-hybridized carbons (Fsp3) is 0.292. The average molecular weight is 466 g/mol. The Bertz CT molecular complexity index is 1450. The van der Waals surface area contributed by atoms with E-state index in [0.717, 1.165) is 24.4 Å². The minimum atomic E-state index is -0.421. The molecule has 0 spiro atoms. The summed E-state index contributed by atoms with van der Waals surface area (Å²) in [6, 6.07) is 15.0. The smallest absolute Gasteiger partial charge is 0.332 e. The van der Waals surface area contributed by atoms with Gasteiger partial charge in [-0.3, -0.25) is 13.9 Å². The Balaban J connectivity index is 1.64. The summed E-state index contributed by atoms with van der Waals surface area (Å²) in [4.78, 5) is 33.4. The molecular weight excluding hydrogens is 442 g/mol. The fourth-order valence-corrected chi connectivity index (χ4v) is 4.53. The van der Waals surface area contributed by atoms with E-state index in [9.17, 15) is 9.59 Å². The van der Waals surface area contributed by atoms with Crippen LogP contribution in [-0.2, 0) is 20.1 Å². The maximum Gasteiger partial charge on any atom is 0.332 e. The van der Waals surface area contributed by atoms with Gasteiger partial charge in [-0.15, -0.1) is 0 Å². The van der Waals surface area contributed by atoms with Crippen LogP contribution in [0.15, 0.2) is 58.1 Å². The van der Waals surface area contributed by atoms with E-state index in [1.165, 1.54) is 9.13 Å². The zero-order valence-electron chi connectivity index (χ0n) is 18.5. The molecule has 0 radical (unpaired) electrons. The third-order valence-corrected chi connectivity index (χ3v) is 6.33. The Labute approximate surface area is 195 Å². The molecule has 0 fully saturated rings. The van der Waals surface area contributed by atoms with Crippen LogP contribution in [0.25, 0.3) is 11.2 Å². The largest absolute Gasteiger partial charge is 0.494 e. The minimum Gasteiger partial charge on any atom is -0.494 e. The molecule has 4 aromatic rings. The van der Waals surface area contributed by atoms with Crippen molar-refractivity contribution in [2.75, 3.05) is 18.1 Å². The number of imidazole rings is 1. The van der Waals surface area contributed by atoms with Crippen LogP contribution < -0.4 is 20.9 Å². The van der Waals surface area contributed by atoms with Crippen molar-refractivity contribution in [3.8, 4) is 5.75 Å². The lowest BCUT2D eigenvalue weighted by atomic mass is 10.2. The van der Waals surface area contributed by atoms with Crippen LogP contribution in [0.4, 0.5) is 11.6 Å². The third kappa shape index (κ3) is 3.60. The summed E-state index contributed by atoms with van der Waals surface area (Å²) in [5.74, 6) is 1.46. The molecular formula is C24H24ClN5O3. The lowest BCUT2D eigenvalue weighted by Crippen LogP contribution is -2.40. The summed E-state index contributed by atoms with van der Waals surface area (Å²) in [5, 5.41) is 0.517. The van der Waals surface area contributed by atoms with Gasteiger partial charge in [-0.2, -0.15) is 4.98 Å². The zero-order chi connectivity index (χ0) is 23.1. The highest BCUT2D eigenvalue weighted by molar-refractivity contribution is 6.31. The molecule has 0 saturated carbocycles. The average Bonchev–Trinajstić information content (AvgIpc) is 3.22. The Kier molecular flexibility index (Phi) is 5.46. The molecule has 9 heteroatoms. The molecule has 0 bridgehead atoms. The van der Waals surface area contributed by atoms with E-state index in [0.29, 0.717) is 40.8 Å². The van der Waals surface area contributed by atoms with E-state index < -0.39 is 5.69 Å². The van der Waals surface area contributed by atoms with E-state index in [4.69, 9.17) is 21.3 Å². The van der Waals surface area contributed by atoms with Crippen LogP contribution in [-0.4, -0.2) is 31.8 Å². The molecule has 33 heavy (non-hydrogen) atoms. The molecule has 3 heterocycles. The third-order valence-electron chi connectivity index (χ3n) is 5.96. The van der Waals surface area contributed by atoms with E-state index in [2.05, 4.69) is 4.90 Å². The highest BCUT2D eigenvalue weighted by Crippen LogP contribution is 2.32. The summed E-state index contributed by atoms with van der Waals surface area (Å²) in [6.07, 6.45) is 0.846. The van der Waals surface area contributed by atoms with Crippen LogP contribution >= 0.6 is 11.6 Å². The molecule has 1 aliphatic rings. The van der Waals surface area contributed by atoms with Crippen LogP contribution in [0.3, 0.4) is 0 Å². The van der Waals surface area contributed by atoms with Gasteiger partial charge in [0.1, 0.15) is 5.75 Å². The molecule has 0 unspecified atom stereocenters. The molecule has 0 atom stereocenters. The molecule has 170 valence electrons. The Hall–Kier alpha value is -3.52. The number of nitrogens with zero attached hydrogens (tertiary/aromatic N) is 5. The SMILES string of the molecule is CCOc1ccc(N2CCCn3c2nc2c3c(=O)n(Cc3ccccc3Cl)c(=O)n2C)cc1. The van der Waals surface area contributed by atoms with Gasteiger partial charge in [-0.05, 0) is 49.2 Å². The van der Waals surface area contributed by atoms with Crippen molar-refractivity contribution >= 4 is 34.4 Å². The zero-order valence-corrected chi connectivity index (χ0v) is 19.2. The van der Waals surface area contributed by atoms with E-state index in [1.54, 1.807) is 13.1 Å². The summed E-state index contributed by atoms with van der Waals surface area (Å²) in [7, 11) is 1.65. The number of fused-ring (bicyclic) bond motifs is 3. The van der Waals surface area contributed by atoms with Gasteiger partial charge in [0.2, 0.25) is 5.95 Å². The van der Waals surface area contributed by atoms with Crippen LogP contribution in [0.1, 0.15) is 18.9 Å². The van der Waals surface area contributed by atoms with Gasteiger partial charge >= 0.3 is 5.69 Å². The normalized spacial score (nSPS) is 13.4. The molecule has 0 N–H and O–H groups in total. The van der Waals surface area contributed by atoms with Gasteiger partial charge in [0.05, 0.1) is 13.2 Å². The highest BCUT2D eigenvalue weighted by Gasteiger charge is 2.27. The van der Waals surface area contributed by atoms with Gasteiger partial charge in [0.15, 0.2) is 11.2 Å². The summed E-state index contributed by atoms with van der Waals surface area (Å²) in [5.41, 5.74) is 1.70. The Morgan fingerprint density at radius 3 is 2.55 bits per heavy atom. The van der Waals surface area contributed by atoms with Crippen molar-refractivity contribution in [2.24, 2.45) is 7.05 Å². The van der Waals surface area contributed by atoms with Crippen LogP contribution in [0.5, 0.6) is 5.75 Å². The lowest BCUT2D eigenvalue weighted by Gasteiger charge is -2.29. The molecule has 5 rings (SSSR count). The van der Waals surface area contributed by atoms with Crippen molar-refractivity contribution in [1.29, 1.82) is 0 Å². The Morgan fingerprint density at radius 2 is 1.82 bits per heavy atom. The molecule has 2 aromatic carbocycles. The van der Waals surface area contributed by atoms with Crippen molar-refractivity contribution in [3.63, 3.8) is 0 Å². The second kappa shape index (κ2) is 8.44. The molecule has 0 aliphatic carbocycles. The van der Waals surface area contributed by atoms with Gasteiger partial charge in [0, 0.05) is 30.8 Å². The molecule has 0 saturated heterocycles. The van der Waals surface area contributed by atoms with E-state index in [1.807, 2.05) is 54.0 Å². The maximum absolute atomic E-state index is 13.5.